The molecule has 0 aliphatic heterocycles. The molecule has 3 aromatic carbocycles. The molecule has 37 heavy (non-hydrogen) atoms. The van der Waals surface area contributed by atoms with Crippen molar-refractivity contribution in [1.82, 2.24) is 9.29 Å². The fraction of sp³-hybridized carbons (Fsp3) is 0.276. The van der Waals surface area contributed by atoms with Gasteiger partial charge in [-0.3, -0.25) is 4.79 Å². The average Bonchev–Trinajstić information content (AvgIpc) is 2.88. The Bertz CT molecular complexity index is 1550. The van der Waals surface area contributed by atoms with Crippen molar-refractivity contribution in [2.45, 2.75) is 44.2 Å². The summed E-state index contributed by atoms with van der Waals surface area (Å²) in [6, 6.07) is 21.3. The van der Waals surface area contributed by atoms with E-state index in [1.165, 1.54) is 4.31 Å². The fourth-order valence-corrected chi connectivity index (χ4v) is 5.50. The summed E-state index contributed by atoms with van der Waals surface area (Å²) in [4.78, 5) is 16.0. The summed E-state index contributed by atoms with van der Waals surface area (Å²) < 4.78 is 39.5. The number of ether oxygens (including phenoxy) is 2. The minimum absolute atomic E-state index is 0.0906. The summed E-state index contributed by atoms with van der Waals surface area (Å²) in [5.41, 5.74) is 2.33. The van der Waals surface area contributed by atoms with Crippen molar-refractivity contribution in [1.29, 1.82) is 0 Å². The van der Waals surface area contributed by atoms with Crippen molar-refractivity contribution in [2.24, 2.45) is 0 Å². The molecule has 0 amide bonds. The average molecular weight is 521 g/mol. The highest BCUT2D eigenvalue weighted by molar-refractivity contribution is 7.89. The van der Waals surface area contributed by atoms with E-state index >= 15 is 0 Å². The van der Waals surface area contributed by atoms with Gasteiger partial charge in [-0.15, -0.1) is 0 Å². The zero-order valence-electron chi connectivity index (χ0n) is 21.7. The first-order valence-electron chi connectivity index (χ1n) is 11.9. The highest BCUT2D eigenvalue weighted by Crippen LogP contribution is 2.27. The van der Waals surface area contributed by atoms with E-state index in [1.54, 1.807) is 56.7 Å². The Kier molecular flexibility index (Phi) is 7.43. The van der Waals surface area contributed by atoms with Crippen LogP contribution in [0, 0.1) is 0 Å². The SMILES string of the molecule is COc1ccc(CN(Cc2cc3ccc(OC)cc3[nH]c2=O)S(=O)(=O)c2ccc(C(C)(C)C)cc2)cc1. The highest BCUT2D eigenvalue weighted by atomic mass is 32.2. The summed E-state index contributed by atoms with van der Waals surface area (Å²) in [6.07, 6.45) is 0. The number of H-pyrrole nitrogens is 1. The van der Waals surface area contributed by atoms with Crippen LogP contribution in [0.3, 0.4) is 0 Å². The summed E-state index contributed by atoms with van der Waals surface area (Å²) in [5.74, 6) is 1.30. The van der Waals surface area contributed by atoms with Gasteiger partial charge in [-0.05, 0) is 64.4 Å². The molecule has 0 aliphatic carbocycles. The van der Waals surface area contributed by atoms with Crippen molar-refractivity contribution in [2.75, 3.05) is 14.2 Å². The molecular formula is C29H32N2O5S. The van der Waals surface area contributed by atoms with Crippen LogP contribution in [0.4, 0.5) is 0 Å². The van der Waals surface area contributed by atoms with Gasteiger partial charge in [-0.25, -0.2) is 8.42 Å². The lowest BCUT2D eigenvalue weighted by Gasteiger charge is -2.24. The smallest absolute Gasteiger partial charge is 0.252 e. The second kappa shape index (κ2) is 10.4. The third-order valence-corrected chi connectivity index (χ3v) is 8.16. The van der Waals surface area contributed by atoms with Gasteiger partial charge in [0.25, 0.3) is 5.56 Å². The third kappa shape index (κ3) is 5.87. The number of hydrogen-bond acceptors (Lipinski definition) is 5. The molecule has 0 saturated heterocycles. The lowest BCUT2D eigenvalue weighted by Crippen LogP contribution is -2.32. The third-order valence-electron chi connectivity index (χ3n) is 6.35. The van der Waals surface area contributed by atoms with Crippen LogP contribution in [0.2, 0.25) is 0 Å². The summed E-state index contributed by atoms with van der Waals surface area (Å²) in [7, 11) is -0.790. The van der Waals surface area contributed by atoms with Crippen molar-refractivity contribution in [3.8, 4) is 11.5 Å². The number of rotatable bonds is 8. The van der Waals surface area contributed by atoms with Gasteiger partial charge in [-0.1, -0.05) is 45.0 Å². The van der Waals surface area contributed by atoms with Gasteiger partial charge >= 0.3 is 0 Å². The van der Waals surface area contributed by atoms with E-state index in [-0.39, 0.29) is 29.0 Å². The van der Waals surface area contributed by atoms with Gasteiger partial charge in [0.2, 0.25) is 10.0 Å². The summed E-state index contributed by atoms with van der Waals surface area (Å²) in [6.45, 7) is 6.23. The van der Waals surface area contributed by atoms with E-state index in [0.717, 1.165) is 16.5 Å². The number of fused-ring (bicyclic) bond motifs is 1. The normalized spacial score (nSPS) is 12.2. The van der Waals surface area contributed by atoms with Crippen molar-refractivity contribution >= 4 is 20.9 Å². The van der Waals surface area contributed by atoms with Gasteiger partial charge in [0.15, 0.2) is 0 Å². The van der Waals surface area contributed by atoms with E-state index in [1.807, 2.05) is 30.3 Å². The first-order valence-corrected chi connectivity index (χ1v) is 13.4. The van der Waals surface area contributed by atoms with Crippen LogP contribution >= 0.6 is 0 Å². The number of sulfonamides is 1. The zero-order valence-corrected chi connectivity index (χ0v) is 22.6. The minimum atomic E-state index is -3.93. The minimum Gasteiger partial charge on any atom is -0.497 e. The number of methoxy groups -OCH3 is 2. The second-order valence-electron chi connectivity index (χ2n) is 9.97. The molecule has 194 valence electrons. The van der Waals surface area contributed by atoms with Crippen molar-refractivity contribution < 1.29 is 17.9 Å². The molecule has 0 radical (unpaired) electrons. The predicted molar refractivity (Wildman–Crippen MR) is 146 cm³/mol. The van der Waals surface area contributed by atoms with Crippen LogP contribution in [0.5, 0.6) is 11.5 Å². The molecule has 0 spiro atoms. The van der Waals surface area contributed by atoms with Crippen molar-refractivity contribution in [3.63, 3.8) is 0 Å². The molecule has 0 saturated carbocycles. The van der Waals surface area contributed by atoms with Gasteiger partial charge in [0.1, 0.15) is 11.5 Å². The van der Waals surface area contributed by atoms with E-state index in [2.05, 4.69) is 25.8 Å². The van der Waals surface area contributed by atoms with Crippen LogP contribution in [0.15, 0.2) is 82.5 Å². The number of nitrogens with zero attached hydrogens (tertiary/aromatic N) is 1. The molecule has 0 fully saturated rings. The molecule has 1 heterocycles. The zero-order chi connectivity index (χ0) is 26.8. The Morgan fingerprint density at radius 2 is 1.43 bits per heavy atom. The lowest BCUT2D eigenvalue weighted by molar-refractivity contribution is 0.398. The van der Waals surface area contributed by atoms with Crippen molar-refractivity contribution in [3.05, 3.63) is 99.8 Å². The molecular weight excluding hydrogens is 488 g/mol. The Hall–Kier alpha value is -3.62. The molecule has 7 nitrogen and oxygen atoms in total. The molecule has 1 N–H and O–H groups in total. The topological polar surface area (TPSA) is 88.7 Å². The van der Waals surface area contributed by atoms with E-state index < -0.39 is 10.0 Å². The van der Waals surface area contributed by atoms with Gasteiger partial charge < -0.3 is 14.5 Å². The monoisotopic (exact) mass is 520 g/mol. The van der Waals surface area contributed by atoms with Crippen LogP contribution in [0.1, 0.15) is 37.5 Å². The highest BCUT2D eigenvalue weighted by Gasteiger charge is 2.27. The fourth-order valence-electron chi connectivity index (χ4n) is 4.10. The maximum absolute atomic E-state index is 13.9. The van der Waals surface area contributed by atoms with E-state index in [4.69, 9.17) is 9.47 Å². The standard InChI is InChI=1S/C29H32N2O5S/c1-29(2,3)23-9-14-26(15-10-23)37(33,34)31(18-20-6-11-24(35-4)12-7-20)19-22-16-21-8-13-25(36-5)17-27(21)30-28(22)32/h6-17H,18-19H2,1-5H3,(H,30,32). The maximum atomic E-state index is 13.9. The molecule has 0 aliphatic rings. The second-order valence-corrected chi connectivity index (χ2v) is 11.9. The predicted octanol–water partition coefficient (Wildman–Crippen LogP) is 5.23. The Balaban J connectivity index is 1.74. The molecule has 1 aromatic heterocycles. The lowest BCUT2D eigenvalue weighted by atomic mass is 9.87. The molecule has 0 bridgehead atoms. The van der Waals surface area contributed by atoms with Crippen LogP contribution in [-0.2, 0) is 28.5 Å². The number of hydrogen-bond donors (Lipinski definition) is 1. The first kappa shape index (κ1) is 26.4. The van der Waals surface area contributed by atoms with Crippen LogP contribution in [-0.4, -0.2) is 31.9 Å². The number of nitrogens with one attached hydrogen (secondary N) is 1. The molecule has 4 rings (SSSR count). The molecule has 8 heteroatoms. The summed E-state index contributed by atoms with van der Waals surface area (Å²) >= 11 is 0. The van der Waals surface area contributed by atoms with Crippen LogP contribution < -0.4 is 15.0 Å². The molecule has 0 atom stereocenters. The van der Waals surface area contributed by atoms with Crippen LogP contribution in [0.25, 0.3) is 10.9 Å². The van der Waals surface area contributed by atoms with E-state index in [0.29, 0.717) is 22.6 Å². The first-order chi connectivity index (χ1) is 17.5. The summed E-state index contributed by atoms with van der Waals surface area (Å²) in [5, 5.41) is 0.784. The Morgan fingerprint density at radius 3 is 2.03 bits per heavy atom. The number of aromatic nitrogens is 1. The quantitative estimate of drug-likeness (QED) is 0.344. The number of pyridine rings is 1. The van der Waals surface area contributed by atoms with Gasteiger partial charge in [0, 0.05) is 24.7 Å². The maximum Gasteiger partial charge on any atom is 0.252 e. The van der Waals surface area contributed by atoms with Gasteiger partial charge in [0.05, 0.1) is 24.6 Å². The Labute approximate surface area is 217 Å². The number of aromatic amines is 1. The molecule has 0 unspecified atom stereocenters. The van der Waals surface area contributed by atoms with Gasteiger partial charge in [-0.2, -0.15) is 4.31 Å². The number of benzene rings is 3. The van der Waals surface area contributed by atoms with E-state index in [9.17, 15) is 13.2 Å². The Morgan fingerprint density at radius 1 is 0.811 bits per heavy atom. The largest absolute Gasteiger partial charge is 0.497 e. The molecule has 4 aromatic rings.